The van der Waals surface area contributed by atoms with Crippen molar-refractivity contribution in [2.45, 2.75) is 52.7 Å². The van der Waals surface area contributed by atoms with E-state index in [1.165, 1.54) is 18.2 Å². The summed E-state index contributed by atoms with van der Waals surface area (Å²) in [5.41, 5.74) is 3.68. The summed E-state index contributed by atoms with van der Waals surface area (Å²) in [7, 11) is 0. The van der Waals surface area contributed by atoms with Crippen molar-refractivity contribution in [1.82, 2.24) is 34.5 Å². The van der Waals surface area contributed by atoms with Gasteiger partial charge in [-0.15, -0.1) is 5.10 Å². The molecule has 1 saturated heterocycles. The maximum Gasteiger partial charge on any atom is 0.245 e. The number of nitrogens with zero attached hydrogens (tertiary/aromatic N) is 7. The number of ether oxygens (including phenoxy) is 1. The maximum atomic E-state index is 13.5. The molecule has 4 aromatic heterocycles. The summed E-state index contributed by atoms with van der Waals surface area (Å²) >= 11 is 0. The van der Waals surface area contributed by atoms with Crippen molar-refractivity contribution in [3.05, 3.63) is 72.2 Å². The van der Waals surface area contributed by atoms with E-state index in [-0.39, 0.29) is 24.0 Å². The molecule has 11 heteroatoms. The fourth-order valence-electron chi connectivity index (χ4n) is 4.99. The molecule has 1 unspecified atom stereocenters. The van der Waals surface area contributed by atoms with Crippen LogP contribution >= 0.6 is 0 Å². The number of halogens is 1. The standard InChI is InChI=1S/C31H34FN7O3/c1-6-28(41)37-13-10-24(11-14-37)39-20(2)29(35-36-39)22-15-26(42-27(19-40)25-8-7-23(32)17-33-25)30-21(9-12-31(3,4)5)16-34-38(30)18-22/h6-8,15-18,24,27,40H,1,10-11,13-14,19H2,2-5H3. The van der Waals surface area contributed by atoms with E-state index in [1.807, 2.05) is 44.6 Å². The van der Waals surface area contributed by atoms with Gasteiger partial charge in [0.25, 0.3) is 0 Å². The van der Waals surface area contributed by atoms with Crippen molar-refractivity contribution in [2.24, 2.45) is 5.41 Å². The summed E-state index contributed by atoms with van der Waals surface area (Å²) < 4.78 is 23.5. The highest BCUT2D eigenvalue weighted by Gasteiger charge is 2.27. The van der Waals surface area contributed by atoms with Gasteiger partial charge < -0.3 is 14.7 Å². The molecule has 0 radical (unpaired) electrons. The fraction of sp³-hybridized carbons (Fsp3) is 0.387. The smallest absolute Gasteiger partial charge is 0.245 e. The number of piperidine rings is 1. The SMILES string of the molecule is C=CC(=O)N1CCC(n2nnc(-c3cc(OC(CO)c4ccc(F)cn4)c4c(C#CC(C)(C)C)cnn4c3)c2C)CC1. The lowest BCUT2D eigenvalue weighted by Gasteiger charge is -2.31. The number of amides is 1. The van der Waals surface area contributed by atoms with Crippen LogP contribution in [0.1, 0.15) is 62.7 Å². The topological polar surface area (TPSA) is 111 Å². The molecule has 5 rings (SSSR count). The molecule has 218 valence electrons. The number of hydrogen-bond acceptors (Lipinski definition) is 7. The molecule has 5 heterocycles. The van der Waals surface area contributed by atoms with Crippen molar-refractivity contribution in [2.75, 3.05) is 19.7 Å². The monoisotopic (exact) mass is 571 g/mol. The molecule has 0 aliphatic carbocycles. The predicted molar refractivity (Wildman–Crippen MR) is 155 cm³/mol. The first-order valence-corrected chi connectivity index (χ1v) is 13.8. The second-order valence-electron chi connectivity index (χ2n) is 11.4. The summed E-state index contributed by atoms with van der Waals surface area (Å²) in [6.07, 6.45) is 6.62. The zero-order valence-corrected chi connectivity index (χ0v) is 24.2. The molecule has 0 bridgehead atoms. The van der Waals surface area contributed by atoms with Gasteiger partial charge in [-0.3, -0.25) is 9.78 Å². The summed E-state index contributed by atoms with van der Waals surface area (Å²) in [5, 5.41) is 23.7. The number of rotatable bonds is 7. The molecular formula is C31H34FN7O3. The number of likely N-dealkylation sites (tertiary alicyclic amines) is 1. The minimum absolute atomic E-state index is 0.0620. The van der Waals surface area contributed by atoms with E-state index in [9.17, 15) is 14.3 Å². The Labute approximate surface area is 243 Å². The summed E-state index contributed by atoms with van der Waals surface area (Å²) in [6.45, 7) is 12.5. The van der Waals surface area contributed by atoms with Gasteiger partial charge in [-0.1, -0.05) is 23.6 Å². The lowest BCUT2D eigenvalue weighted by Crippen LogP contribution is -2.38. The highest BCUT2D eigenvalue weighted by molar-refractivity contribution is 5.87. The van der Waals surface area contributed by atoms with Gasteiger partial charge in [0.05, 0.1) is 42.0 Å². The average Bonchev–Trinajstić information content (AvgIpc) is 3.57. The van der Waals surface area contributed by atoms with Crippen LogP contribution in [-0.4, -0.2) is 65.2 Å². The van der Waals surface area contributed by atoms with Gasteiger partial charge in [-0.05, 0) is 64.8 Å². The average molecular weight is 572 g/mol. The molecule has 1 aliphatic rings. The normalized spacial score (nSPS) is 14.9. The maximum absolute atomic E-state index is 13.5. The van der Waals surface area contributed by atoms with Crippen LogP contribution in [0.2, 0.25) is 0 Å². The number of aliphatic hydroxyl groups excluding tert-OH is 1. The molecule has 0 spiro atoms. The first-order chi connectivity index (χ1) is 20.1. The molecule has 1 aliphatic heterocycles. The van der Waals surface area contributed by atoms with Crippen LogP contribution in [0, 0.1) is 30.0 Å². The van der Waals surface area contributed by atoms with E-state index in [1.54, 1.807) is 15.6 Å². The molecule has 0 aromatic carbocycles. The molecule has 1 atom stereocenters. The van der Waals surface area contributed by atoms with Crippen LogP contribution in [0.3, 0.4) is 0 Å². The highest BCUT2D eigenvalue weighted by Crippen LogP contribution is 2.34. The molecule has 10 nitrogen and oxygen atoms in total. The van der Waals surface area contributed by atoms with Crippen molar-refractivity contribution in [3.63, 3.8) is 0 Å². The minimum atomic E-state index is -0.858. The second kappa shape index (κ2) is 11.7. The summed E-state index contributed by atoms with van der Waals surface area (Å²) in [5.74, 6) is 6.33. The Morgan fingerprint density at radius 3 is 2.69 bits per heavy atom. The van der Waals surface area contributed by atoms with Crippen molar-refractivity contribution < 1.29 is 19.0 Å². The Bertz CT molecular complexity index is 1670. The van der Waals surface area contributed by atoms with Gasteiger partial charge in [0, 0.05) is 30.3 Å². The Kier molecular flexibility index (Phi) is 8.09. The molecule has 42 heavy (non-hydrogen) atoms. The number of carbonyl (C=O) groups excluding carboxylic acids is 1. The van der Waals surface area contributed by atoms with Crippen LogP contribution in [0.4, 0.5) is 4.39 Å². The summed E-state index contributed by atoms with van der Waals surface area (Å²) in [6, 6.07) is 4.70. The number of fused-ring (bicyclic) bond motifs is 1. The molecule has 1 N–H and O–H groups in total. The van der Waals surface area contributed by atoms with Crippen molar-refractivity contribution >= 4 is 11.4 Å². The number of aromatic nitrogens is 6. The van der Waals surface area contributed by atoms with Crippen molar-refractivity contribution in [3.8, 4) is 28.8 Å². The van der Waals surface area contributed by atoms with E-state index in [2.05, 4.69) is 38.8 Å². The quantitative estimate of drug-likeness (QED) is 0.260. The van der Waals surface area contributed by atoms with Crippen molar-refractivity contribution in [1.29, 1.82) is 0 Å². The van der Waals surface area contributed by atoms with Gasteiger partial charge in [0.1, 0.15) is 22.8 Å². The van der Waals surface area contributed by atoms with Crippen LogP contribution < -0.4 is 4.74 Å². The Hall–Kier alpha value is -4.56. The van der Waals surface area contributed by atoms with Gasteiger partial charge in [0.2, 0.25) is 5.91 Å². The van der Waals surface area contributed by atoms with Gasteiger partial charge >= 0.3 is 0 Å². The van der Waals surface area contributed by atoms with Gasteiger partial charge in [0.15, 0.2) is 6.10 Å². The van der Waals surface area contributed by atoms with E-state index >= 15 is 0 Å². The first-order valence-electron chi connectivity index (χ1n) is 13.8. The third-order valence-electron chi connectivity index (χ3n) is 7.16. The van der Waals surface area contributed by atoms with E-state index in [0.29, 0.717) is 46.9 Å². The number of carbonyl (C=O) groups is 1. The van der Waals surface area contributed by atoms with Crippen LogP contribution in [0.25, 0.3) is 16.8 Å². The lowest BCUT2D eigenvalue weighted by molar-refractivity contribution is -0.127. The minimum Gasteiger partial charge on any atom is -0.479 e. The zero-order chi connectivity index (χ0) is 30.0. The fourth-order valence-corrected chi connectivity index (χ4v) is 4.99. The Morgan fingerprint density at radius 1 is 1.29 bits per heavy atom. The van der Waals surface area contributed by atoms with Gasteiger partial charge in [-0.25, -0.2) is 13.6 Å². The predicted octanol–water partition coefficient (Wildman–Crippen LogP) is 4.29. The van der Waals surface area contributed by atoms with Gasteiger partial charge in [-0.2, -0.15) is 5.10 Å². The second-order valence-corrected chi connectivity index (χ2v) is 11.4. The molecule has 4 aromatic rings. The molecule has 0 saturated carbocycles. The molecule has 1 fully saturated rings. The molecule has 1 amide bonds. The van der Waals surface area contributed by atoms with Crippen LogP contribution in [-0.2, 0) is 4.79 Å². The first kappa shape index (κ1) is 29.0. The van der Waals surface area contributed by atoms with E-state index in [4.69, 9.17) is 4.74 Å². The Morgan fingerprint density at radius 2 is 2.05 bits per heavy atom. The van der Waals surface area contributed by atoms with Crippen LogP contribution in [0.5, 0.6) is 5.75 Å². The summed E-state index contributed by atoms with van der Waals surface area (Å²) in [4.78, 5) is 17.9. The zero-order valence-electron chi connectivity index (χ0n) is 24.2. The van der Waals surface area contributed by atoms with Crippen LogP contribution in [0.15, 0.2) is 49.4 Å². The number of pyridine rings is 2. The number of hydrogen-bond donors (Lipinski definition) is 1. The lowest BCUT2D eigenvalue weighted by atomic mass is 9.97. The van der Waals surface area contributed by atoms with E-state index in [0.717, 1.165) is 24.7 Å². The third-order valence-corrected chi connectivity index (χ3v) is 7.16. The highest BCUT2D eigenvalue weighted by atomic mass is 19.1. The number of aliphatic hydroxyl groups is 1. The largest absolute Gasteiger partial charge is 0.479 e. The Balaban J connectivity index is 1.54. The third kappa shape index (κ3) is 6.04. The van der Waals surface area contributed by atoms with E-state index < -0.39 is 11.9 Å². The molecular weight excluding hydrogens is 537 g/mol.